The summed E-state index contributed by atoms with van der Waals surface area (Å²) in [6, 6.07) is 0. The molecule has 0 unspecified atom stereocenters. The summed E-state index contributed by atoms with van der Waals surface area (Å²) in [5.74, 6) is -0.308. The van der Waals surface area contributed by atoms with Crippen LogP contribution in [-0.4, -0.2) is 27.5 Å². The zero-order valence-corrected chi connectivity index (χ0v) is 13.9. The van der Waals surface area contributed by atoms with Gasteiger partial charge in [0.25, 0.3) is 0 Å². The fraction of sp³-hybridized carbons (Fsp3) is 0.786. The number of carbonyl (C=O) groups excluding carboxylic acids is 1. The van der Waals surface area contributed by atoms with Gasteiger partial charge in [-0.3, -0.25) is 0 Å². The molecule has 3 nitrogen and oxygen atoms in total. The highest BCUT2D eigenvalue weighted by molar-refractivity contribution is 6.74. The Balaban J connectivity index is 4.45. The molecule has 0 aliphatic rings. The van der Waals surface area contributed by atoms with Gasteiger partial charge in [-0.25, -0.2) is 4.79 Å². The minimum Gasteiger partial charge on any atom is -0.466 e. The summed E-state index contributed by atoms with van der Waals surface area (Å²) in [5, 5.41) is 0.215. The molecule has 0 aromatic carbocycles. The second-order valence-corrected chi connectivity index (χ2v) is 10.8. The van der Waals surface area contributed by atoms with Crippen LogP contribution in [0.15, 0.2) is 12.2 Å². The Kier molecular flexibility index (Phi) is 6.85. The number of rotatable bonds is 6. The molecule has 0 amide bonds. The van der Waals surface area contributed by atoms with Gasteiger partial charge in [0.2, 0.25) is 0 Å². The lowest BCUT2D eigenvalue weighted by Gasteiger charge is -2.39. The molecular formula is C14H28O3Si. The molecule has 1 atom stereocenters. The zero-order chi connectivity index (χ0) is 14.4. The number of carbonyl (C=O) groups is 1. The van der Waals surface area contributed by atoms with E-state index in [1.807, 2.05) is 6.08 Å². The van der Waals surface area contributed by atoms with Crippen LogP contribution >= 0.6 is 0 Å². The molecule has 0 radical (unpaired) electrons. The van der Waals surface area contributed by atoms with Gasteiger partial charge in [-0.2, -0.15) is 0 Å². The second-order valence-electron chi connectivity index (χ2n) is 6.07. The fourth-order valence-corrected chi connectivity index (χ4v) is 2.73. The molecule has 0 bridgehead atoms. The molecule has 0 rings (SSSR count). The predicted octanol–water partition coefficient (Wildman–Crippen LogP) is 3.91. The highest BCUT2D eigenvalue weighted by atomic mass is 28.4. The van der Waals surface area contributed by atoms with E-state index < -0.39 is 8.32 Å². The van der Waals surface area contributed by atoms with Crippen LogP contribution in [0.4, 0.5) is 0 Å². The van der Waals surface area contributed by atoms with Crippen molar-refractivity contribution in [2.75, 3.05) is 7.11 Å². The van der Waals surface area contributed by atoms with Gasteiger partial charge in [0.05, 0.1) is 7.11 Å². The molecule has 4 heteroatoms. The lowest BCUT2D eigenvalue weighted by molar-refractivity contribution is -0.134. The van der Waals surface area contributed by atoms with Crippen molar-refractivity contribution in [2.45, 2.75) is 64.8 Å². The molecule has 0 heterocycles. The van der Waals surface area contributed by atoms with E-state index in [4.69, 9.17) is 4.43 Å². The van der Waals surface area contributed by atoms with Crippen LogP contribution < -0.4 is 0 Å². The molecule has 0 saturated carbocycles. The van der Waals surface area contributed by atoms with Crippen LogP contribution in [0.5, 0.6) is 0 Å². The van der Waals surface area contributed by atoms with Gasteiger partial charge in [-0.15, -0.1) is 0 Å². The summed E-state index contributed by atoms with van der Waals surface area (Å²) in [4.78, 5) is 11.0. The summed E-state index contributed by atoms with van der Waals surface area (Å²) in [6.07, 6.45) is 5.22. The molecule has 0 aliphatic heterocycles. The van der Waals surface area contributed by atoms with E-state index in [2.05, 4.69) is 45.5 Å². The summed E-state index contributed by atoms with van der Waals surface area (Å²) >= 11 is 0. The Hall–Kier alpha value is -0.613. The maximum atomic E-state index is 11.0. The van der Waals surface area contributed by atoms with Gasteiger partial charge in [0.1, 0.15) is 0 Å². The van der Waals surface area contributed by atoms with Crippen molar-refractivity contribution in [3.8, 4) is 0 Å². The molecule has 0 spiro atoms. The van der Waals surface area contributed by atoms with Crippen molar-refractivity contribution >= 4 is 14.3 Å². The van der Waals surface area contributed by atoms with Crippen LogP contribution in [0.3, 0.4) is 0 Å². The summed E-state index contributed by atoms with van der Waals surface area (Å²) in [7, 11) is -0.339. The highest BCUT2D eigenvalue weighted by Gasteiger charge is 2.38. The van der Waals surface area contributed by atoms with Gasteiger partial charge in [0.15, 0.2) is 8.32 Å². The molecule has 0 fully saturated rings. The third-order valence-electron chi connectivity index (χ3n) is 3.58. The number of ether oxygens (including phenoxy) is 1. The molecule has 106 valence electrons. The van der Waals surface area contributed by atoms with Gasteiger partial charge < -0.3 is 9.16 Å². The van der Waals surface area contributed by atoms with Gasteiger partial charge in [-0.05, 0) is 31.0 Å². The molecule has 0 aliphatic carbocycles. The van der Waals surface area contributed by atoms with Crippen molar-refractivity contribution < 1.29 is 14.0 Å². The smallest absolute Gasteiger partial charge is 0.330 e. The first kappa shape index (κ1) is 17.4. The minimum absolute atomic E-state index is 0.187. The third kappa shape index (κ3) is 5.82. The number of hydrogen-bond acceptors (Lipinski definition) is 3. The molecule has 18 heavy (non-hydrogen) atoms. The van der Waals surface area contributed by atoms with Crippen LogP contribution in [0.1, 0.15) is 40.5 Å². The molecule has 0 N–H and O–H groups in total. The largest absolute Gasteiger partial charge is 0.466 e. The van der Waals surface area contributed by atoms with Crippen molar-refractivity contribution in [3.63, 3.8) is 0 Å². The normalized spacial score (nSPS) is 14.8. The van der Waals surface area contributed by atoms with Crippen molar-refractivity contribution in [3.05, 3.63) is 12.2 Å². The second kappa shape index (κ2) is 7.09. The zero-order valence-electron chi connectivity index (χ0n) is 12.9. The van der Waals surface area contributed by atoms with E-state index in [1.54, 1.807) is 0 Å². The topological polar surface area (TPSA) is 35.5 Å². The lowest BCUT2D eigenvalue weighted by Crippen LogP contribution is -2.43. The number of methoxy groups -OCH3 is 1. The van der Waals surface area contributed by atoms with Crippen molar-refractivity contribution in [1.82, 2.24) is 0 Å². The monoisotopic (exact) mass is 272 g/mol. The van der Waals surface area contributed by atoms with E-state index in [-0.39, 0.29) is 17.1 Å². The maximum absolute atomic E-state index is 11.0. The molecule has 0 aromatic rings. The Labute approximate surface area is 113 Å². The van der Waals surface area contributed by atoms with Crippen molar-refractivity contribution in [1.29, 1.82) is 0 Å². The average molecular weight is 272 g/mol. The highest BCUT2D eigenvalue weighted by Crippen LogP contribution is 2.37. The van der Waals surface area contributed by atoms with E-state index >= 15 is 0 Å². The minimum atomic E-state index is -1.72. The Morgan fingerprint density at radius 2 is 1.89 bits per heavy atom. The SMILES string of the molecule is CC[C@H](C/C=C\C(=O)OC)O[Si](C)(C)C(C)(C)C. The van der Waals surface area contributed by atoms with E-state index in [0.29, 0.717) is 0 Å². The third-order valence-corrected chi connectivity index (χ3v) is 8.11. The summed E-state index contributed by atoms with van der Waals surface area (Å²) < 4.78 is 10.9. The van der Waals surface area contributed by atoms with Crippen LogP contribution in [0.2, 0.25) is 18.1 Å². The van der Waals surface area contributed by atoms with Gasteiger partial charge in [-0.1, -0.05) is 33.8 Å². The van der Waals surface area contributed by atoms with E-state index in [9.17, 15) is 4.79 Å². The molecule has 0 aromatic heterocycles. The van der Waals surface area contributed by atoms with Crippen LogP contribution in [0.25, 0.3) is 0 Å². The first-order valence-electron chi connectivity index (χ1n) is 6.56. The first-order valence-corrected chi connectivity index (χ1v) is 9.47. The van der Waals surface area contributed by atoms with E-state index in [1.165, 1.54) is 13.2 Å². The Morgan fingerprint density at radius 1 is 1.33 bits per heavy atom. The van der Waals surface area contributed by atoms with Crippen LogP contribution in [-0.2, 0) is 14.0 Å². The fourth-order valence-electron chi connectivity index (χ4n) is 1.28. The summed E-state index contributed by atoms with van der Waals surface area (Å²) in [6.45, 7) is 13.3. The molecular weight excluding hydrogens is 244 g/mol. The summed E-state index contributed by atoms with van der Waals surface area (Å²) in [5.41, 5.74) is 0. The average Bonchev–Trinajstić information content (AvgIpc) is 2.25. The first-order chi connectivity index (χ1) is 8.14. The molecule has 0 saturated heterocycles. The van der Waals surface area contributed by atoms with E-state index in [0.717, 1.165) is 12.8 Å². The predicted molar refractivity (Wildman–Crippen MR) is 78.1 cm³/mol. The van der Waals surface area contributed by atoms with Crippen molar-refractivity contribution in [2.24, 2.45) is 0 Å². The number of esters is 1. The Bertz CT molecular complexity index is 290. The van der Waals surface area contributed by atoms with Gasteiger partial charge in [0, 0.05) is 12.2 Å². The quantitative estimate of drug-likeness (QED) is 0.418. The number of hydrogen-bond donors (Lipinski definition) is 0. The maximum Gasteiger partial charge on any atom is 0.330 e. The van der Waals surface area contributed by atoms with Gasteiger partial charge >= 0.3 is 5.97 Å². The van der Waals surface area contributed by atoms with Crippen LogP contribution in [0, 0.1) is 0 Å². The lowest BCUT2D eigenvalue weighted by atomic mass is 10.2. The Morgan fingerprint density at radius 3 is 2.28 bits per heavy atom. The standard InChI is InChI=1S/C14H28O3Si/c1-8-12(10-9-11-13(15)16-5)17-18(6,7)14(2,3)4/h9,11-12H,8,10H2,1-7H3/b11-9-/t12-/m1/s1.